The molecule has 10 rings (SSSR count). The average Bonchev–Trinajstić information content (AvgIpc) is 3.87. The fourth-order valence-electron chi connectivity index (χ4n) is 8.85. The molecule has 0 bridgehead atoms. The van der Waals surface area contributed by atoms with E-state index in [2.05, 4.69) is 47.1 Å². The van der Waals surface area contributed by atoms with Gasteiger partial charge in [-0.05, 0) is 119 Å². The van der Waals surface area contributed by atoms with Gasteiger partial charge in [0.15, 0.2) is 0 Å². The summed E-state index contributed by atoms with van der Waals surface area (Å²) in [5.74, 6) is 0. The van der Waals surface area contributed by atoms with Gasteiger partial charge < -0.3 is 9.13 Å². The number of nitrogens with zero attached hydrogens (tertiary/aromatic N) is 9. The molecule has 0 aliphatic carbocycles. The monoisotopic (exact) mass is 811 g/mol. The molecule has 290 valence electrons. The lowest BCUT2D eigenvalue weighted by Crippen LogP contribution is -2.04. The van der Waals surface area contributed by atoms with E-state index in [1.165, 1.54) is 0 Å². The summed E-state index contributed by atoms with van der Waals surface area (Å²) in [6, 6.07) is 62.3. The lowest BCUT2D eigenvalue weighted by Gasteiger charge is -2.19. The van der Waals surface area contributed by atoms with Crippen molar-refractivity contribution < 1.29 is 0 Å². The topological polar surface area (TPSA) is 176 Å². The van der Waals surface area contributed by atoms with Crippen LogP contribution in [0.15, 0.2) is 152 Å². The zero-order valence-corrected chi connectivity index (χ0v) is 33.5. The van der Waals surface area contributed by atoms with Crippen LogP contribution >= 0.6 is 0 Å². The Morgan fingerprint density at radius 1 is 0.281 bits per heavy atom. The van der Waals surface area contributed by atoms with Crippen LogP contribution in [0.3, 0.4) is 0 Å². The Morgan fingerprint density at radius 3 is 1.06 bits per heavy atom. The van der Waals surface area contributed by atoms with Gasteiger partial charge in [-0.25, -0.2) is 0 Å². The van der Waals surface area contributed by atoms with Crippen LogP contribution in [0.5, 0.6) is 0 Å². The van der Waals surface area contributed by atoms with Crippen LogP contribution in [0.4, 0.5) is 0 Å². The summed E-state index contributed by atoms with van der Waals surface area (Å²) < 4.78 is 4.12. The number of para-hydroxylation sites is 2. The molecule has 0 N–H and O–H groups in total. The van der Waals surface area contributed by atoms with Crippen LogP contribution in [0.25, 0.3) is 88.4 Å². The van der Waals surface area contributed by atoms with Gasteiger partial charge in [0.1, 0.15) is 6.07 Å². The van der Waals surface area contributed by atoms with Crippen molar-refractivity contribution in [1.82, 2.24) is 9.13 Å². The highest BCUT2D eigenvalue weighted by molar-refractivity contribution is 6.12. The molecule has 0 saturated heterocycles. The molecular weight excluding hydrogens is 787 g/mol. The molecule has 0 saturated carbocycles. The van der Waals surface area contributed by atoms with Gasteiger partial charge in [0.05, 0.1) is 109 Å². The van der Waals surface area contributed by atoms with Crippen LogP contribution in [0.2, 0.25) is 0 Å². The van der Waals surface area contributed by atoms with Crippen molar-refractivity contribution in [3.63, 3.8) is 0 Å². The van der Waals surface area contributed by atoms with Gasteiger partial charge in [-0.1, -0.05) is 60.7 Å². The van der Waals surface area contributed by atoms with Crippen LogP contribution in [0, 0.1) is 79.3 Å². The van der Waals surface area contributed by atoms with Crippen molar-refractivity contribution >= 4 is 43.6 Å². The van der Waals surface area contributed by atoms with Crippen LogP contribution < -0.4 is 0 Å². The minimum Gasteiger partial charge on any atom is -0.309 e. The lowest BCUT2D eigenvalue weighted by atomic mass is 9.96. The molecule has 0 spiro atoms. The first-order valence-electron chi connectivity index (χ1n) is 19.9. The average molecular weight is 812 g/mol. The van der Waals surface area contributed by atoms with Crippen molar-refractivity contribution in [3.05, 3.63) is 191 Å². The summed E-state index contributed by atoms with van der Waals surface area (Å²) in [6.07, 6.45) is 0. The standard InChI is InChI=1S/C55H25N9/c56-26-33-13-34(27-57)17-41(16-33)39-9-11-47-45-5-1-3-7-50(45)63(53(47)22-39)52-25-49(43-20-37(30-60)15-38(21-43)31-61)55(24-44(52)32-62)64-51-8-4-2-6-46(51)48-12-10-40(23-54(48)64)42-18-35(28-58)14-36(19-42)29-59/h1-25H. The van der Waals surface area contributed by atoms with E-state index in [0.29, 0.717) is 72.6 Å². The van der Waals surface area contributed by atoms with Gasteiger partial charge in [0.25, 0.3) is 0 Å². The normalized spacial score (nSPS) is 10.7. The molecule has 0 aliphatic rings. The summed E-state index contributed by atoms with van der Waals surface area (Å²) >= 11 is 0. The van der Waals surface area contributed by atoms with Crippen molar-refractivity contribution in [2.24, 2.45) is 0 Å². The molecule has 0 fully saturated rings. The SMILES string of the molecule is N#Cc1cc(C#N)cc(-c2ccc3c4ccccc4n(-c4cc(-c5cc(C#N)cc(C#N)c5)c(-n5c6ccccc6c6ccc(-c7cc(C#N)cc(C#N)c7)cc65)cc4C#N)c3c2)c1. The van der Waals surface area contributed by atoms with Gasteiger partial charge in [0.2, 0.25) is 0 Å². The number of benzene rings is 8. The Balaban J connectivity index is 1.32. The van der Waals surface area contributed by atoms with Gasteiger partial charge >= 0.3 is 0 Å². The minimum atomic E-state index is 0.291. The van der Waals surface area contributed by atoms with E-state index >= 15 is 0 Å². The molecule has 9 nitrogen and oxygen atoms in total. The number of nitriles is 7. The van der Waals surface area contributed by atoms with E-state index in [-0.39, 0.29) is 0 Å². The van der Waals surface area contributed by atoms with E-state index in [1.54, 1.807) is 54.6 Å². The van der Waals surface area contributed by atoms with Crippen LogP contribution in [-0.4, -0.2) is 9.13 Å². The van der Waals surface area contributed by atoms with Crippen molar-refractivity contribution in [2.75, 3.05) is 0 Å². The number of hydrogen-bond donors (Lipinski definition) is 0. The molecule has 2 aromatic heterocycles. The quantitative estimate of drug-likeness (QED) is 0.166. The highest BCUT2D eigenvalue weighted by Gasteiger charge is 2.23. The Morgan fingerprint density at radius 2 is 0.656 bits per heavy atom. The maximum atomic E-state index is 11.2. The summed E-state index contributed by atoms with van der Waals surface area (Å²) in [4.78, 5) is 0. The molecule has 0 unspecified atom stereocenters. The molecule has 10 aromatic rings. The molecule has 0 atom stereocenters. The van der Waals surface area contributed by atoms with E-state index in [1.807, 2.05) is 102 Å². The third-order valence-corrected chi connectivity index (χ3v) is 11.6. The molecule has 0 amide bonds. The molecule has 9 heteroatoms. The van der Waals surface area contributed by atoms with Gasteiger partial charge in [-0.2, -0.15) is 36.8 Å². The first-order valence-corrected chi connectivity index (χ1v) is 19.9. The Bertz CT molecular complexity index is 3900. The number of fused-ring (bicyclic) bond motifs is 6. The van der Waals surface area contributed by atoms with E-state index in [4.69, 9.17) is 0 Å². The second kappa shape index (κ2) is 15.1. The number of hydrogen-bond acceptors (Lipinski definition) is 7. The Kier molecular flexibility index (Phi) is 8.98. The summed E-state index contributed by atoms with van der Waals surface area (Å²) in [6.45, 7) is 0. The minimum absolute atomic E-state index is 0.291. The molecule has 2 heterocycles. The number of aromatic nitrogens is 2. The van der Waals surface area contributed by atoms with Gasteiger partial charge in [0, 0.05) is 27.1 Å². The first kappa shape index (κ1) is 38.0. The number of rotatable bonds is 5. The third-order valence-electron chi connectivity index (χ3n) is 11.6. The van der Waals surface area contributed by atoms with Crippen LogP contribution in [0.1, 0.15) is 38.9 Å². The van der Waals surface area contributed by atoms with E-state index in [0.717, 1.165) is 54.7 Å². The zero-order valence-electron chi connectivity index (χ0n) is 33.5. The van der Waals surface area contributed by atoms with Crippen molar-refractivity contribution in [1.29, 1.82) is 36.8 Å². The molecule has 8 aromatic carbocycles. The highest BCUT2D eigenvalue weighted by Crippen LogP contribution is 2.42. The maximum Gasteiger partial charge on any atom is 0.101 e. The fourth-order valence-corrected chi connectivity index (χ4v) is 8.85. The first-order chi connectivity index (χ1) is 31.4. The molecule has 0 aliphatic heterocycles. The molecule has 64 heavy (non-hydrogen) atoms. The van der Waals surface area contributed by atoms with E-state index < -0.39 is 0 Å². The molecular formula is C55H25N9. The predicted molar refractivity (Wildman–Crippen MR) is 244 cm³/mol. The maximum absolute atomic E-state index is 11.2. The Labute approximate surface area is 366 Å². The largest absolute Gasteiger partial charge is 0.309 e. The van der Waals surface area contributed by atoms with Crippen molar-refractivity contribution in [3.8, 4) is 87.2 Å². The summed E-state index contributed by atoms with van der Waals surface area (Å²) in [5.41, 5.74) is 10.9. The van der Waals surface area contributed by atoms with Gasteiger partial charge in [-0.3, -0.25) is 0 Å². The summed E-state index contributed by atoms with van der Waals surface area (Å²) in [7, 11) is 0. The Hall–Kier alpha value is -10.2. The predicted octanol–water partition coefficient (Wildman–Crippen LogP) is 12.0. The van der Waals surface area contributed by atoms with Crippen molar-refractivity contribution in [2.45, 2.75) is 0 Å². The third kappa shape index (κ3) is 6.12. The fraction of sp³-hybridized carbons (Fsp3) is 0. The zero-order chi connectivity index (χ0) is 44.1. The smallest absolute Gasteiger partial charge is 0.101 e. The van der Waals surface area contributed by atoms with Crippen LogP contribution in [-0.2, 0) is 0 Å². The van der Waals surface area contributed by atoms with E-state index in [9.17, 15) is 36.8 Å². The molecule has 0 radical (unpaired) electrons. The summed E-state index contributed by atoms with van der Waals surface area (Å²) in [5, 5.41) is 74.5. The second-order valence-corrected chi connectivity index (χ2v) is 15.2. The van der Waals surface area contributed by atoms with Gasteiger partial charge in [-0.15, -0.1) is 0 Å². The second-order valence-electron chi connectivity index (χ2n) is 15.2. The lowest BCUT2D eigenvalue weighted by molar-refractivity contribution is 1.14. The highest BCUT2D eigenvalue weighted by atomic mass is 15.0.